The van der Waals surface area contributed by atoms with E-state index in [4.69, 9.17) is 16.7 Å². The molecule has 0 fully saturated rings. The zero-order valence-electron chi connectivity index (χ0n) is 9.66. The molecule has 0 aliphatic heterocycles. The molecule has 4 heteroatoms. The van der Waals surface area contributed by atoms with Gasteiger partial charge >= 0.3 is 5.97 Å². The number of hydrogen-bond donors (Lipinski definition) is 1. The van der Waals surface area contributed by atoms with Gasteiger partial charge in [0.25, 0.3) is 0 Å². The molecule has 0 aliphatic rings. The van der Waals surface area contributed by atoms with Crippen LogP contribution in [0.2, 0.25) is 0 Å². The van der Waals surface area contributed by atoms with Crippen molar-refractivity contribution in [3.8, 4) is 0 Å². The molecule has 0 radical (unpaired) electrons. The van der Waals surface area contributed by atoms with E-state index < -0.39 is 5.97 Å². The van der Waals surface area contributed by atoms with Gasteiger partial charge in [0.15, 0.2) is 0 Å². The molecule has 0 saturated carbocycles. The van der Waals surface area contributed by atoms with Crippen molar-refractivity contribution < 1.29 is 9.90 Å². The molecule has 0 aliphatic carbocycles. The second-order valence-corrected chi connectivity index (χ2v) is 4.24. The van der Waals surface area contributed by atoms with Crippen LogP contribution in [-0.4, -0.2) is 35.1 Å². The summed E-state index contributed by atoms with van der Waals surface area (Å²) in [5.74, 6) is -0.733. The van der Waals surface area contributed by atoms with E-state index in [1.165, 1.54) is 0 Å². The van der Waals surface area contributed by atoms with Gasteiger partial charge in [-0.05, 0) is 39.3 Å². The molecular formula is C11H20ClNO2. The smallest absolute Gasteiger partial charge is 0.303 e. The SMILES string of the molecule is CC(=CCl)CN(CCCC(=O)O)C(C)C. The number of rotatable bonds is 7. The molecule has 15 heavy (non-hydrogen) atoms. The van der Waals surface area contributed by atoms with E-state index in [-0.39, 0.29) is 6.42 Å². The van der Waals surface area contributed by atoms with E-state index in [1.807, 2.05) is 6.92 Å². The maximum Gasteiger partial charge on any atom is 0.303 e. The van der Waals surface area contributed by atoms with Crippen LogP contribution in [0.4, 0.5) is 0 Å². The minimum absolute atomic E-state index is 0.229. The number of halogens is 1. The first-order chi connectivity index (χ1) is 6.97. The predicted octanol–water partition coefficient (Wildman–Crippen LogP) is 2.70. The van der Waals surface area contributed by atoms with Gasteiger partial charge in [-0.1, -0.05) is 11.6 Å². The van der Waals surface area contributed by atoms with Gasteiger partial charge in [0.2, 0.25) is 0 Å². The molecule has 0 amide bonds. The molecule has 0 saturated heterocycles. The maximum absolute atomic E-state index is 10.4. The standard InChI is InChI=1S/C11H20ClNO2/c1-9(2)13(8-10(3)7-12)6-4-5-11(14)15/h7,9H,4-6,8H2,1-3H3,(H,14,15). The Kier molecular flexibility index (Phi) is 7.44. The van der Waals surface area contributed by atoms with E-state index in [1.54, 1.807) is 5.54 Å². The van der Waals surface area contributed by atoms with Crippen LogP contribution in [0.15, 0.2) is 11.1 Å². The average molecular weight is 234 g/mol. The lowest BCUT2D eigenvalue weighted by molar-refractivity contribution is -0.137. The van der Waals surface area contributed by atoms with Gasteiger partial charge in [-0.25, -0.2) is 0 Å². The first kappa shape index (κ1) is 14.5. The fourth-order valence-electron chi connectivity index (χ4n) is 1.31. The van der Waals surface area contributed by atoms with Gasteiger partial charge in [-0.15, -0.1) is 0 Å². The van der Waals surface area contributed by atoms with Gasteiger partial charge in [0.1, 0.15) is 0 Å². The lowest BCUT2D eigenvalue weighted by Crippen LogP contribution is -2.33. The molecule has 0 aromatic carbocycles. The lowest BCUT2D eigenvalue weighted by Gasteiger charge is -2.26. The topological polar surface area (TPSA) is 40.5 Å². The molecule has 0 atom stereocenters. The lowest BCUT2D eigenvalue weighted by atomic mass is 10.2. The van der Waals surface area contributed by atoms with Crippen molar-refractivity contribution in [2.75, 3.05) is 13.1 Å². The maximum atomic E-state index is 10.4. The number of aliphatic carboxylic acids is 1. The molecule has 3 nitrogen and oxygen atoms in total. The monoisotopic (exact) mass is 233 g/mol. The van der Waals surface area contributed by atoms with Gasteiger partial charge < -0.3 is 5.11 Å². The molecule has 0 rings (SSSR count). The summed E-state index contributed by atoms with van der Waals surface area (Å²) in [7, 11) is 0. The molecule has 0 spiro atoms. The van der Waals surface area contributed by atoms with Gasteiger partial charge in [0.05, 0.1) is 0 Å². The Morgan fingerprint density at radius 1 is 1.53 bits per heavy atom. The largest absolute Gasteiger partial charge is 0.481 e. The minimum atomic E-state index is -0.733. The van der Waals surface area contributed by atoms with E-state index in [9.17, 15) is 4.79 Å². The zero-order chi connectivity index (χ0) is 11.8. The van der Waals surface area contributed by atoms with Gasteiger partial charge in [-0.2, -0.15) is 0 Å². The number of carbonyl (C=O) groups is 1. The third-order valence-electron chi connectivity index (χ3n) is 2.21. The van der Waals surface area contributed by atoms with Gasteiger partial charge in [0, 0.05) is 24.5 Å². The highest BCUT2D eigenvalue weighted by Crippen LogP contribution is 2.06. The molecule has 0 aromatic heterocycles. The van der Waals surface area contributed by atoms with Crippen LogP contribution in [0.5, 0.6) is 0 Å². The van der Waals surface area contributed by atoms with Crippen molar-refractivity contribution in [2.45, 2.75) is 39.7 Å². The number of hydrogen-bond acceptors (Lipinski definition) is 2. The summed E-state index contributed by atoms with van der Waals surface area (Å²) in [6, 6.07) is 0.408. The van der Waals surface area contributed by atoms with Crippen LogP contribution >= 0.6 is 11.6 Å². The quantitative estimate of drug-likeness (QED) is 0.735. The predicted molar refractivity (Wildman–Crippen MR) is 63.2 cm³/mol. The van der Waals surface area contributed by atoms with Crippen molar-refractivity contribution in [1.82, 2.24) is 4.90 Å². The van der Waals surface area contributed by atoms with Crippen molar-refractivity contribution in [3.05, 3.63) is 11.1 Å². The second-order valence-electron chi connectivity index (χ2n) is 4.02. The van der Waals surface area contributed by atoms with Crippen molar-refractivity contribution in [1.29, 1.82) is 0 Å². The third-order valence-corrected chi connectivity index (χ3v) is 2.58. The summed E-state index contributed by atoms with van der Waals surface area (Å²) in [6.07, 6.45) is 0.913. The van der Waals surface area contributed by atoms with Crippen LogP contribution in [0.3, 0.4) is 0 Å². The number of nitrogens with zero attached hydrogens (tertiary/aromatic N) is 1. The molecular weight excluding hydrogens is 214 g/mol. The summed E-state index contributed by atoms with van der Waals surface area (Å²) in [4.78, 5) is 12.6. The van der Waals surface area contributed by atoms with E-state index >= 15 is 0 Å². The minimum Gasteiger partial charge on any atom is -0.481 e. The van der Waals surface area contributed by atoms with Gasteiger partial charge in [-0.3, -0.25) is 9.69 Å². The third kappa shape index (κ3) is 7.40. The molecule has 1 N–H and O–H groups in total. The summed E-state index contributed by atoms with van der Waals surface area (Å²) in [5.41, 5.74) is 2.67. The average Bonchev–Trinajstić information content (AvgIpc) is 2.15. The van der Waals surface area contributed by atoms with Crippen LogP contribution < -0.4 is 0 Å². The highest BCUT2D eigenvalue weighted by atomic mass is 35.5. The Morgan fingerprint density at radius 3 is 2.53 bits per heavy atom. The van der Waals surface area contributed by atoms with Crippen molar-refractivity contribution >= 4 is 17.6 Å². The summed E-state index contributed by atoms with van der Waals surface area (Å²) >= 11 is 5.60. The van der Waals surface area contributed by atoms with E-state index in [2.05, 4.69) is 18.7 Å². The van der Waals surface area contributed by atoms with Crippen LogP contribution in [-0.2, 0) is 4.79 Å². The first-order valence-electron chi connectivity index (χ1n) is 5.19. The Hall–Kier alpha value is -0.540. The fraction of sp³-hybridized carbons (Fsp3) is 0.727. The highest BCUT2D eigenvalue weighted by Gasteiger charge is 2.10. The van der Waals surface area contributed by atoms with Crippen molar-refractivity contribution in [2.24, 2.45) is 0 Å². The normalized spacial score (nSPS) is 12.5. The Morgan fingerprint density at radius 2 is 2.13 bits per heavy atom. The Balaban J connectivity index is 4.00. The Bertz CT molecular complexity index is 227. The van der Waals surface area contributed by atoms with E-state index in [0.29, 0.717) is 12.5 Å². The fourth-order valence-corrected chi connectivity index (χ4v) is 1.38. The van der Waals surface area contributed by atoms with E-state index in [0.717, 1.165) is 18.7 Å². The number of carboxylic acid groups (broad SMARTS) is 1. The summed E-state index contributed by atoms with van der Waals surface area (Å²) in [5, 5.41) is 8.54. The van der Waals surface area contributed by atoms with Crippen molar-refractivity contribution in [3.63, 3.8) is 0 Å². The highest BCUT2D eigenvalue weighted by molar-refractivity contribution is 6.25. The summed E-state index contributed by atoms with van der Waals surface area (Å²) < 4.78 is 0. The van der Waals surface area contributed by atoms with Crippen LogP contribution in [0.1, 0.15) is 33.6 Å². The molecule has 0 bridgehead atoms. The molecule has 88 valence electrons. The molecule has 0 aromatic rings. The Labute approximate surface area is 96.7 Å². The number of carboxylic acids is 1. The molecule has 0 unspecified atom stereocenters. The first-order valence-corrected chi connectivity index (χ1v) is 5.62. The zero-order valence-corrected chi connectivity index (χ0v) is 10.4. The molecule has 0 heterocycles. The van der Waals surface area contributed by atoms with Crippen LogP contribution in [0.25, 0.3) is 0 Å². The second kappa shape index (κ2) is 7.71. The van der Waals surface area contributed by atoms with Crippen LogP contribution in [0, 0.1) is 0 Å². The summed E-state index contributed by atoms with van der Waals surface area (Å²) in [6.45, 7) is 7.77.